The molecular weight excluding hydrogens is 216 g/mol. The molecule has 0 aliphatic carbocycles. The highest BCUT2D eigenvalue weighted by molar-refractivity contribution is 5.77. The number of carbonyl (C=O) groups excluding carboxylic acids is 1. The maximum Gasteiger partial charge on any atom is 0.233 e. The summed E-state index contributed by atoms with van der Waals surface area (Å²) in [5.41, 5.74) is 0. The summed E-state index contributed by atoms with van der Waals surface area (Å²) >= 11 is 0. The van der Waals surface area contributed by atoms with Crippen LogP contribution in [0.5, 0.6) is 0 Å². The van der Waals surface area contributed by atoms with Crippen LogP contribution in [-0.4, -0.2) is 38.8 Å². The second-order valence-electron chi connectivity index (χ2n) is 5.22. The van der Waals surface area contributed by atoms with Gasteiger partial charge in [-0.1, -0.05) is 27.7 Å². The summed E-state index contributed by atoms with van der Waals surface area (Å²) in [6.45, 7) is 10.3. The molecule has 1 unspecified atom stereocenters. The third kappa shape index (κ3) is 9.12. The van der Waals surface area contributed by atoms with Gasteiger partial charge in [0.25, 0.3) is 0 Å². The summed E-state index contributed by atoms with van der Waals surface area (Å²) in [6, 6.07) is 0.232. The van der Waals surface area contributed by atoms with Crippen LogP contribution in [0.25, 0.3) is 0 Å². The van der Waals surface area contributed by atoms with Crippen molar-refractivity contribution in [3.8, 4) is 0 Å². The molecule has 0 fully saturated rings. The molecule has 4 nitrogen and oxygen atoms in total. The van der Waals surface area contributed by atoms with Crippen LogP contribution in [0.3, 0.4) is 0 Å². The first-order valence-corrected chi connectivity index (χ1v) is 6.46. The fourth-order valence-electron chi connectivity index (χ4n) is 1.45. The molecule has 102 valence electrons. The number of hydrogen-bond acceptors (Lipinski definition) is 3. The molecule has 0 saturated heterocycles. The summed E-state index contributed by atoms with van der Waals surface area (Å²) < 4.78 is 5.12. The van der Waals surface area contributed by atoms with E-state index in [0.29, 0.717) is 25.0 Å². The molecular formula is C13H28N2O2. The molecule has 0 heterocycles. The Balaban J connectivity index is 3.72. The Morgan fingerprint density at radius 3 is 2.35 bits per heavy atom. The molecule has 17 heavy (non-hydrogen) atoms. The molecule has 4 heteroatoms. The number of hydrogen-bond donors (Lipinski definition) is 2. The van der Waals surface area contributed by atoms with E-state index in [2.05, 4.69) is 38.3 Å². The van der Waals surface area contributed by atoms with Crippen molar-refractivity contribution in [3.05, 3.63) is 0 Å². The molecule has 1 atom stereocenters. The summed E-state index contributed by atoms with van der Waals surface area (Å²) in [5.74, 6) is 1.14. The molecule has 0 aromatic carbocycles. The average molecular weight is 244 g/mol. The van der Waals surface area contributed by atoms with E-state index in [9.17, 15) is 4.79 Å². The largest absolute Gasteiger partial charge is 0.383 e. The van der Waals surface area contributed by atoms with Gasteiger partial charge in [0.15, 0.2) is 0 Å². The summed E-state index contributed by atoms with van der Waals surface area (Å²) in [5, 5.41) is 6.13. The van der Waals surface area contributed by atoms with Gasteiger partial charge in [-0.25, -0.2) is 0 Å². The molecule has 0 aromatic rings. The fraction of sp³-hybridized carbons (Fsp3) is 0.923. The van der Waals surface area contributed by atoms with E-state index < -0.39 is 0 Å². The van der Waals surface area contributed by atoms with Crippen LogP contribution in [-0.2, 0) is 9.53 Å². The zero-order chi connectivity index (χ0) is 13.3. The van der Waals surface area contributed by atoms with Gasteiger partial charge < -0.3 is 15.4 Å². The first-order valence-electron chi connectivity index (χ1n) is 6.46. The quantitative estimate of drug-likeness (QED) is 0.645. The molecule has 0 bridgehead atoms. The van der Waals surface area contributed by atoms with Crippen LogP contribution in [0, 0.1) is 11.8 Å². The summed E-state index contributed by atoms with van der Waals surface area (Å²) in [4.78, 5) is 11.5. The van der Waals surface area contributed by atoms with Gasteiger partial charge in [-0.15, -0.1) is 0 Å². The lowest BCUT2D eigenvalue weighted by Crippen LogP contribution is -2.44. The normalized spacial score (nSPS) is 13.1. The van der Waals surface area contributed by atoms with E-state index in [1.807, 2.05) is 0 Å². The van der Waals surface area contributed by atoms with Crippen molar-refractivity contribution in [1.29, 1.82) is 0 Å². The topological polar surface area (TPSA) is 50.4 Å². The second kappa shape index (κ2) is 9.42. The Morgan fingerprint density at radius 1 is 1.24 bits per heavy atom. The van der Waals surface area contributed by atoms with E-state index >= 15 is 0 Å². The standard InChI is InChI=1S/C13H28N2O2/c1-10(2)6-7-14-13(16)8-15-12(9-17-5)11(3)4/h10-12,15H,6-9H2,1-5H3,(H,14,16). The van der Waals surface area contributed by atoms with Crippen LogP contribution in [0.15, 0.2) is 0 Å². The van der Waals surface area contributed by atoms with E-state index in [1.165, 1.54) is 0 Å². The van der Waals surface area contributed by atoms with E-state index in [1.54, 1.807) is 7.11 Å². The van der Waals surface area contributed by atoms with Crippen LogP contribution in [0.4, 0.5) is 0 Å². The lowest BCUT2D eigenvalue weighted by molar-refractivity contribution is -0.120. The minimum atomic E-state index is 0.0624. The first kappa shape index (κ1) is 16.4. The maximum absolute atomic E-state index is 11.5. The number of amides is 1. The lowest BCUT2D eigenvalue weighted by Gasteiger charge is -2.21. The molecule has 0 spiro atoms. The van der Waals surface area contributed by atoms with Gasteiger partial charge in [-0.3, -0.25) is 4.79 Å². The third-order valence-corrected chi connectivity index (χ3v) is 2.72. The Labute approximate surface area is 105 Å². The molecule has 0 rings (SSSR count). The van der Waals surface area contributed by atoms with E-state index in [0.717, 1.165) is 13.0 Å². The smallest absolute Gasteiger partial charge is 0.233 e. The molecule has 0 aromatic heterocycles. The predicted molar refractivity (Wildman–Crippen MR) is 71.0 cm³/mol. The van der Waals surface area contributed by atoms with E-state index in [4.69, 9.17) is 4.74 Å². The van der Waals surface area contributed by atoms with Gasteiger partial charge >= 0.3 is 0 Å². The number of ether oxygens (including phenoxy) is 1. The van der Waals surface area contributed by atoms with E-state index in [-0.39, 0.29) is 11.9 Å². The van der Waals surface area contributed by atoms with Crippen molar-refractivity contribution in [1.82, 2.24) is 10.6 Å². The first-order chi connectivity index (χ1) is 7.97. The van der Waals surface area contributed by atoms with Crippen molar-refractivity contribution in [2.75, 3.05) is 26.8 Å². The minimum absolute atomic E-state index is 0.0624. The van der Waals surface area contributed by atoms with Crippen molar-refractivity contribution in [2.24, 2.45) is 11.8 Å². The molecule has 0 aliphatic rings. The van der Waals surface area contributed by atoms with Gasteiger partial charge in [0.05, 0.1) is 13.2 Å². The van der Waals surface area contributed by atoms with Gasteiger partial charge in [-0.2, -0.15) is 0 Å². The van der Waals surface area contributed by atoms with Gasteiger partial charge in [-0.05, 0) is 18.3 Å². The second-order valence-corrected chi connectivity index (χ2v) is 5.22. The number of nitrogens with one attached hydrogen (secondary N) is 2. The van der Waals surface area contributed by atoms with Crippen molar-refractivity contribution in [2.45, 2.75) is 40.2 Å². The Morgan fingerprint density at radius 2 is 1.88 bits per heavy atom. The van der Waals surface area contributed by atoms with Crippen molar-refractivity contribution in [3.63, 3.8) is 0 Å². The molecule has 0 aliphatic heterocycles. The Bertz CT molecular complexity index is 206. The van der Waals surface area contributed by atoms with Gasteiger partial charge in [0.1, 0.15) is 0 Å². The minimum Gasteiger partial charge on any atom is -0.383 e. The molecule has 0 saturated carbocycles. The molecule has 1 amide bonds. The Kier molecular flexibility index (Phi) is 9.09. The number of methoxy groups -OCH3 is 1. The number of carbonyl (C=O) groups is 1. The van der Waals surface area contributed by atoms with Crippen LogP contribution in [0.1, 0.15) is 34.1 Å². The molecule has 2 N–H and O–H groups in total. The fourth-order valence-corrected chi connectivity index (χ4v) is 1.45. The number of rotatable bonds is 9. The zero-order valence-corrected chi connectivity index (χ0v) is 11.9. The summed E-state index contributed by atoms with van der Waals surface area (Å²) in [6.07, 6.45) is 1.03. The highest BCUT2D eigenvalue weighted by Gasteiger charge is 2.13. The van der Waals surface area contributed by atoms with Crippen molar-refractivity contribution < 1.29 is 9.53 Å². The SMILES string of the molecule is COCC(NCC(=O)NCCC(C)C)C(C)C. The zero-order valence-electron chi connectivity index (χ0n) is 11.9. The van der Waals surface area contributed by atoms with Crippen LogP contribution in [0.2, 0.25) is 0 Å². The average Bonchev–Trinajstić information content (AvgIpc) is 2.23. The summed E-state index contributed by atoms with van der Waals surface area (Å²) in [7, 11) is 1.68. The highest BCUT2D eigenvalue weighted by atomic mass is 16.5. The Hall–Kier alpha value is -0.610. The molecule has 0 radical (unpaired) electrons. The third-order valence-electron chi connectivity index (χ3n) is 2.72. The van der Waals surface area contributed by atoms with Crippen molar-refractivity contribution >= 4 is 5.91 Å². The highest BCUT2D eigenvalue weighted by Crippen LogP contribution is 2.01. The maximum atomic E-state index is 11.5. The van der Waals surface area contributed by atoms with Gasteiger partial charge in [0, 0.05) is 19.7 Å². The van der Waals surface area contributed by atoms with Crippen LogP contribution >= 0.6 is 0 Å². The monoisotopic (exact) mass is 244 g/mol. The lowest BCUT2D eigenvalue weighted by atomic mass is 10.1. The predicted octanol–water partition coefficient (Wildman–Crippen LogP) is 1.41. The van der Waals surface area contributed by atoms with Gasteiger partial charge in [0.2, 0.25) is 5.91 Å². The van der Waals surface area contributed by atoms with Crippen LogP contribution < -0.4 is 10.6 Å².